The zero-order valence-electron chi connectivity index (χ0n) is 12.1. The summed E-state index contributed by atoms with van der Waals surface area (Å²) in [5.41, 5.74) is 0.758. The Balaban J connectivity index is 1.54. The molecule has 3 rings (SSSR count). The predicted octanol–water partition coefficient (Wildman–Crippen LogP) is -0.0811. The molecular weight excluding hydrogens is 268 g/mol. The summed E-state index contributed by atoms with van der Waals surface area (Å²) in [6.45, 7) is 5.85. The van der Waals surface area contributed by atoms with Crippen molar-refractivity contribution < 1.29 is 14.1 Å². The van der Waals surface area contributed by atoms with Crippen molar-refractivity contribution in [2.75, 3.05) is 26.2 Å². The first-order valence-electron chi connectivity index (χ1n) is 7.19. The summed E-state index contributed by atoms with van der Waals surface area (Å²) in [4.78, 5) is 15.6. The van der Waals surface area contributed by atoms with E-state index >= 15 is 0 Å². The molecular formula is C15H19N4O2+. The second-order valence-electron chi connectivity index (χ2n) is 5.30. The molecule has 0 spiro atoms. The lowest BCUT2D eigenvalue weighted by atomic mass is 10.2. The van der Waals surface area contributed by atoms with Crippen LogP contribution in [0.25, 0.3) is 0 Å². The molecule has 1 N–H and O–H groups in total. The van der Waals surface area contributed by atoms with Crippen LogP contribution in [-0.4, -0.2) is 47.2 Å². The number of nitrogens with one attached hydrogen (secondary N) is 1. The van der Waals surface area contributed by atoms with Gasteiger partial charge in [-0.2, -0.15) is 0 Å². The average molecular weight is 287 g/mol. The van der Waals surface area contributed by atoms with Gasteiger partial charge in [0.25, 0.3) is 11.8 Å². The predicted molar refractivity (Wildman–Crippen MR) is 75.8 cm³/mol. The fourth-order valence-corrected chi connectivity index (χ4v) is 2.59. The van der Waals surface area contributed by atoms with Crippen LogP contribution in [0.4, 0.5) is 0 Å². The molecule has 0 saturated carbocycles. The van der Waals surface area contributed by atoms with Gasteiger partial charge in [-0.3, -0.25) is 4.79 Å². The average Bonchev–Trinajstić information content (AvgIpc) is 2.93. The monoisotopic (exact) mass is 287 g/mol. The molecule has 110 valence electrons. The normalized spacial score (nSPS) is 16.1. The number of aromatic nitrogens is 2. The Kier molecular flexibility index (Phi) is 3.96. The fourth-order valence-electron chi connectivity index (χ4n) is 2.59. The Hall–Kier alpha value is -2.21. The van der Waals surface area contributed by atoms with Crippen molar-refractivity contribution in [2.45, 2.75) is 13.5 Å². The number of nitrogens with zero attached hydrogens (tertiary/aromatic N) is 3. The van der Waals surface area contributed by atoms with E-state index in [2.05, 4.69) is 10.2 Å². The third-order valence-corrected chi connectivity index (χ3v) is 3.75. The zero-order chi connectivity index (χ0) is 14.7. The van der Waals surface area contributed by atoms with Crippen LogP contribution < -0.4 is 4.90 Å². The molecule has 0 aliphatic carbocycles. The molecule has 0 radical (unpaired) electrons. The van der Waals surface area contributed by atoms with Gasteiger partial charge in [0.1, 0.15) is 0 Å². The number of rotatable bonds is 3. The van der Waals surface area contributed by atoms with Crippen molar-refractivity contribution in [3.05, 3.63) is 47.7 Å². The molecule has 1 saturated heterocycles. The van der Waals surface area contributed by atoms with Crippen molar-refractivity contribution in [1.82, 2.24) is 15.1 Å². The van der Waals surface area contributed by atoms with Crippen molar-refractivity contribution in [3.8, 4) is 0 Å². The molecule has 6 heteroatoms. The Morgan fingerprint density at radius 1 is 1.24 bits per heavy atom. The smallest absolute Gasteiger partial charge is 0.271 e. The van der Waals surface area contributed by atoms with E-state index in [0.717, 1.165) is 38.3 Å². The van der Waals surface area contributed by atoms with Crippen LogP contribution >= 0.6 is 0 Å². The number of carbonyl (C=O) groups excluding carboxylic acids is 1. The van der Waals surface area contributed by atoms with Gasteiger partial charge in [0.2, 0.25) is 5.89 Å². The van der Waals surface area contributed by atoms with Gasteiger partial charge in [-0.25, -0.2) is 0 Å². The quantitative estimate of drug-likeness (QED) is 0.857. The summed E-state index contributed by atoms with van der Waals surface area (Å²) in [6.07, 6.45) is 0. The maximum atomic E-state index is 12.3. The van der Waals surface area contributed by atoms with Crippen molar-refractivity contribution in [1.29, 1.82) is 0 Å². The number of hydrogen-bond acceptors (Lipinski definition) is 4. The summed E-state index contributed by atoms with van der Waals surface area (Å²) >= 11 is 0. The summed E-state index contributed by atoms with van der Waals surface area (Å²) in [7, 11) is 0. The maximum Gasteiger partial charge on any atom is 0.271 e. The van der Waals surface area contributed by atoms with E-state index in [1.54, 1.807) is 6.92 Å². The minimum absolute atomic E-state index is 0.114. The van der Waals surface area contributed by atoms with E-state index in [1.165, 1.54) is 4.90 Å². The molecule has 2 aromatic rings. The molecule has 1 aliphatic rings. The molecule has 1 aromatic carbocycles. The zero-order valence-corrected chi connectivity index (χ0v) is 12.1. The molecule has 1 amide bonds. The van der Waals surface area contributed by atoms with Crippen LogP contribution in [0.15, 0.2) is 34.7 Å². The first-order valence-corrected chi connectivity index (χ1v) is 7.19. The summed E-state index contributed by atoms with van der Waals surface area (Å²) in [5.74, 6) is 1.39. The van der Waals surface area contributed by atoms with E-state index < -0.39 is 0 Å². The van der Waals surface area contributed by atoms with Gasteiger partial charge in [0.05, 0.1) is 26.2 Å². The molecule has 21 heavy (non-hydrogen) atoms. The van der Waals surface area contributed by atoms with Gasteiger partial charge in [-0.1, -0.05) is 18.2 Å². The molecule has 6 nitrogen and oxygen atoms in total. The number of hydrogen-bond donors (Lipinski definition) is 1. The van der Waals surface area contributed by atoms with Crippen LogP contribution in [0.1, 0.15) is 22.1 Å². The Morgan fingerprint density at radius 2 is 1.95 bits per heavy atom. The second-order valence-corrected chi connectivity index (χ2v) is 5.30. The number of quaternary nitrogens is 1. The van der Waals surface area contributed by atoms with Gasteiger partial charge in [-0.15, -0.1) is 10.2 Å². The second kappa shape index (κ2) is 6.05. The number of aryl methyl sites for hydroxylation is 1. The van der Waals surface area contributed by atoms with Crippen LogP contribution in [-0.2, 0) is 6.54 Å². The van der Waals surface area contributed by atoms with Crippen molar-refractivity contribution in [3.63, 3.8) is 0 Å². The molecule has 0 bridgehead atoms. The molecule has 1 aliphatic heterocycles. The number of carbonyl (C=O) groups is 1. The highest BCUT2D eigenvalue weighted by Crippen LogP contribution is 2.05. The van der Waals surface area contributed by atoms with Crippen LogP contribution in [0.3, 0.4) is 0 Å². The Labute approximate surface area is 123 Å². The number of amides is 1. The SMILES string of the molecule is Cc1nnc(C[NH+]2CCN(C(=O)c3ccccc3)CC2)o1. The van der Waals surface area contributed by atoms with Gasteiger partial charge in [0, 0.05) is 12.5 Å². The molecule has 0 unspecified atom stereocenters. The van der Waals surface area contributed by atoms with Crippen molar-refractivity contribution in [2.24, 2.45) is 0 Å². The van der Waals surface area contributed by atoms with E-state index in [0.29, 0.717) is 11.8 Å². The van der Waals surface area contributed by atoms with E-state index in [-0.39, 0.29) is 5.91 Å². The van der Waals surface area contributed by atoms with E-state index in [4.69, 9.17) is 4.42 Å². The Morgan fingerprint density at radius 3 is 2.57 bits per heavy atom. The van der Waals surface area contributed by atoms with Gasteiger partial charge >= 0.3 is 0 Å². The van der Waals surface area contributed by atoms with Crippen LogP contribution in [0.5, 0.6) is 0 Å². The fraction of sp³-hybridized carbons (Fsp3) is 0.400. The lowest BCUT2D eigenvalue weighted by Gasteiger charge is -2.31. The molecule has 1 aromatic heterocycles. The summed E-state index contributed by atoms with van der Waals surface area (Å²) < 4.78 is 5.41. The molecule has 0 atom stereocenters. The van der Waals surface area contributed by atoms with E-state index in [1.807, 2.05) is 35.2 Å². The largest absolute Gasteiger partial charge is 0.420 e. The first-order chi connectivity index (χ1) is 10.2. The van der Waals surface area contributed by atoms with Gasteiger partial charge < -0.3 is 14.2 Å². The number of benzene rings is 1. The molecule has 1 fully saturated rings. The first kappa shape index (κ1) is 13.8. The minimum Gasteiger partial charge on any atom is -0.420 e. The third-order valence-electron chi connectivity index (χ3n) is 3.75. The standard InChI is InChI=1S/C15H18N4O2/c1-12-16-17-14(21-12)11-18-7-9-19(10-8-18)15(20)13-5-3-2-4-6-13/h2-6H,7-11H2,1H3/p+1. The lowest BCUT2D eigenvalue weighted by molar-refractivity contribution is -0.918. The summed E-state index contributed by atoms with van der Waals surface area (Å²) in [5, 5.41) is 7.86. The third kappa shape index (κ3) is 3.28. The van der Waals surface area contributed by atoms with Crippen LogP contribution in [0, 0.1) is 6.92 Å². The summed E-state index contributed by atoms with van der Waals surface area (Å²) in [6, 6.07) is 9.44. The highest BCUT2D eigenvalue weighted by molar-refractivity contribution is 5.94. The van der Waals surface area contributed by atoms with Crippen LogP contribution in [0.2, 0.25) is 0 Å². The minimum atomic E-state index is 0.114. The van der Waals surface area contributed by atoms with E-state index in [9.17, 15) is 4.79 Å². The van der Waals surface area contributed by atoms with Crippen molar-refractivity contribution >= 4 is 5.91 Å². The topological polar surface area (TPSA) is 63.7 Å². The van der Waals surface area contributed by atoms with Gasteiger partial charge in [0.15, 0.2) is 6.54 Å². The Bertz CT molecular complexity index is 603. The molecule has 2 heterocycles. The highest BCUT2D eigenvalue weighted by Gasteiger charge is 2.25. The number of piperazine rings is 1. The lowest BCUT2D eigenvalue weighted by Crippen LogP contribution is -3.13. The highest BCUT2D eigenvalue weighted by atomic mass is 16.4. The maximum absolute atomic E-state index is 12.3. The van der Waals surface area contributed by atoms with Gasteiger partial charge in [-0.05, 0) is 12.1 Å².